The number of thiophene rings is 1. The first-order valence-electron chi connectivity index (χ1n) is 9.16. The van der Waals surface area contributed by atoms with E-state index >= 15 is 0 Å². The highest BCUT2D eigenvalue weighted by Gasteiger charge is 2.19. The molecule has 27 heavy (non-hydrogen) atoms. The SMILES string of the molecule is Cc1cc2c(Nc3cn(-c4ccccc4)cn3)nc(N3CCCC3)nc2s1. The number of hydrogen-bond donors (Lipinski definition) is 1. The van der Waals surface area contributed by atoms with Crippen LogP contribution in [0.15, 0.2) is 48.9 Å². The Morgan fingerprint density at radius 3 is 2.70 bits per heavy atom. The standard InChI is InChI=1S/C20H20N6S/c1-14-11-16-18(23-20(24-19(16)27-14)25-9-5-6-10-25)22-17-12-26(13-21-17)15-7-3-2-4-8-15/h2-4,7-8,11-13H,5-6,9-10H2,1H3,(H,22,23,24). The van der Waals surface area contributed by atoms with E-state index in [2.05, 4.69) is 40.3 Å². The number of benzene rings is 1. The van der Waals surface area contributed by atoms with E-state index in [4.69, 9.17) is 9.97 Å². The van der Waals surface area contributed by atoms with E-state index in [1.807, 2.05) is 35.3 Å². The molecule has 0 saturated carbocycles. The van der Waals surface area contributed by atoms with Gasteiger partial charge in [0.05, 0.1) is 11.6 Å². The fraction of sp³-hybridized carbons (Fsp3) is 0.250. The van der Waals surface area contributed by atoms with Gasteiger partial charge in [0.1, 0.15) is 22.8 Å². The van der Waals surface area contributed by atoms with Crippen LogP contribution in [0.5, 0.6) is 0 Å². The first-order chi connectivity index (χ1) is 13.3. The van der Waals surface area contributed by atoms with Crippen LogP contribution in [0.1, 0.15) is 17.7 Å². The van der Waals surface area contributed by atoms with Crippen LogP contribution in [0, 0.1) is 6.92 Å². The Hall–Kier alpha value is -2.93. The van der Waals surface area contributed by atoms with Crippen molar-refractivity contribution in [1.29, 1.82) is 0 Å². The predicted octanol–water partition coefficient (Wildman–Crippen LogP) is 4.53. The molecule has 0 atom stereocenters. The molecule has 0 aliphatic carbocycles. The summed E-state index contributed by atoms with van der Waals surface area (Å²) in [6.07, 6.45) is 6.21. The monoisotopic (exact) mass is 376 g/mol. The lowest BCUT2D eigenvalue weighted by Crippen LogP contribution is -2.20. The first-order valence-corrected chi connectivity index (χ1v) is 9.97. The number of nitrogens with one attached hydrogen (secondary N) is 1. The molecule has 0 amide bonds. The van der Waals surface area contributed by atoms with Gasteiger partial charge in [-0.1, -0.05) is 18.2 Å². The molecule has 1 N–H and O–H groups in total. The third kappa shape index (κ3) is 3.14. The van der Waals surface area contributed by atoms with Crippen molar-refractivity contribution in [2.75, 3.05) is 23.3 Å². The van der Waals surface area contributed by atoms with Gasteiger partial charge in [0.2, 0.25) is 5.95 Å². The van der Waals surface area contributed by atoms with E-state index in [0.717, 1.165) is 46.6 Å². The number of nitrogens with zero attached hydrogens (tertiary/aromatic N) is 5. The minimum atomic E-state index is 0.773. The summed E-state index contributed by atoms with van der Waals surface area (Å²) in [4.78, 5) is 18.7. The van der Waals surface area contributed by atoms with E-state index < -0.39 is 0 Å². The second-order valence-corrected chi connectivity index (χ2v) is 8.00. The highest BCUT2D eigenvalue weighted by molar-refractivity contribution is 7.18. The van der Waals surface area contributed by atoms with Crippen LogP contribution < -0.4 is 10.2 Å². The van der Waals surface area contributed by atoms with Crippen LogP contribution in [0.2, 0.25) is 0 Å². The molecule has 0 unspecified atom stereocenters. The Kier molecular flexibility index (Phi) is 4.01. The minimum absolute atomic E-state index is 0.773. The Morgan fingerprint density at radius 1 is 1.07 bits per heavy atom. The zero-order valence-electron chi connectivity index (χ0n) is 15.1. The molecule has 5 rings (SSSR count). The Bertz CT molecular complexity index is 1080. The van der Waals surface area contributed by atoms with Crippen molar-refractivity contribution >= 4 is 39.1 Å². The van der Waals surface area contributed by atoms with Crippen molar-refractivity contribution in [3.05, 3.63) is 53.8 Å². The summed E-state index contributed by atoms with van der Waals surface area (Å²) >= 11 is 1.71. The number of hydrogen-bond acceptors (Lipinski definition) is 6. The highest BCUT2D eigenvalue weighted by Crippen LogP contribution is 2.32. The summed E-state index contributed by atoms with van der Waals surface area (Å²) < 4.78 is 2.00. The summed E-state index contributed by atoms with van der Waals surface area (Å²) in [5.74, 6) is 2.41. The maximum absolute atomic E-state index is 4.83. The highest BCUT2D eigenvalue weighted by atomic mass is 32.1. The second kappa shape index (κ2) is 6.66. The normalized spacial score (nSPS) is 14.2. The molecule has 136 valence electrons. The second-order valence-electron chi connectivity index (χ2n) is 6.77. The quantitative estimate of drug-likeness (QED) is 0.567. The fourth-order valence-electron chi connectivity index (χ4n) is 3.43. The lowest BCUT2D eigenvalue weighted by Gasteiger charge is -2.16. The Morgan fingerprint density at radius 2 is 1.89 bits per heavy atom. The van der Waals surface area contributed by atoms with Gasteiger partial charge in [-0.25, -0.2) is 9.97 Å². The van der Waals surface area contributed by atoms with Crippen LogP contribution in [-0.2, 0) is 0 Å². The number of para-hydroxylation sites is 1. The predicted molar refractivity (Wildman–Crippen MR) is 110 cm³/mol. The molecular formula is C20H20N6S. The Labute approximate surface area is 161 Å². The maximum Gasteiger partial charge on any atom is 0.228 e. The van der Waals surface area contributed by atoms with E-state index in [1.165, 1.54) is 17.7 Å². The minimum Gasteiger partial charge on any atom is -0.341 e. The topological polar surface area (TPSA) is 58.9 Å². The van der Waals surface area contributed by atoms with Crippen LogP contribution in [0.4, 0.5) is 17.6 Å². The average Bonchev–Trinajstić information content (AvgIpc) is 3.42. The molecule has 1 aromatic carbocycles. The maximum atomic E-state index is 4.83. The van der Waals surface area contributed by atoms with Gasteiger partial charge in [-0.2, -0.15) is 4.98 Å². The van der Waals surface area contributed by atoms with Crippen molar-refractivity contribution in [2.45, 2.75) is 19.8 Å². The number of fused-ring (bicyclic) bond motifs is 1. The van der Waals surface area contributed by atoms with Gasteiger partial charge < -0.3 is 14.8 Å². The van der Waals surface area contributed by atoms with Gasteiger partial charge in [0, 0.05) is 23.7 Å². The molecule has 0 spiro atoms. The van der Waals surface area contributed by atoms with Gasteiger partial charge in [-0.3, -0.25) is 0 Å². The van der Waals surface area contributed by atoms with Crippen molar-refractivity contribution in [3.8, 4) is 5.69 Å². The molecule has 4 aromatic rings. The molecule has 6 nitrogen and oxygen atoms in total. The molecule has 1 aliphatic rings. The van der Waals surface area contributed by atoms with Gasteiger partial charge in [-0.15, -0.1) is 11.3 Å². The largest absolute Gasteiger partial charge is 0.341 e. The first kappa shape index (κ1) is 16.3. The summed E-state index contributed by atoms with van der Waals surface area (Å²) in [6.45, 7) is 4.16. The summed E-state index contributed by atoms with van der Waals surface area (Å²) in [5, 5.41) is 4.46. The number of aryl methyl sites for hydroxylation is 1. The number of aromatic nitrogens is 4. The van der Waals surface area contributed by atoms with Crippen molar-refractivity contribution < 1.29 is 0 Å². The molecule has 1 saturated heterocycles. The molecule has 7 heteroatoms. The van der Waals surface area contributed by atoms with E-state index in [9.17, 15) is 0 Å². The van der Waals surface area contributed by atoms with Crippen LogP contribution in [0.3, 0.4) is 0 Å². The molecule has 4 heterocycles. The van der Waals surface area contributed by atoms with E-state index in [0.29, 0.717) is 0 Å². The number of imidazole rings is 1. The number of anilines is 3. The van der Waals surface area contributed by atoms with Crippen LogP contribution >= 0.6 is 11.3 Å². The fourth-order valence-corrected chi connectivity index (χ4v) is 4.31. The zero-order valence-corrected chi connectivity index (χ0v) is 15.9. The van der Waals surface area contributed by atoms with Gasteiger partial charge in [-0.05, 0) is 38.0 Å². The average molecular weight is 376 g/mol. The lowest BCUT2D eigenvalue weighted by molar-refractivity contribution is 0.910. The van der Waals surface area contributed by atoms with Gasteiger partial charge in [0.25, 0.3) is 0 Å². The van der Waals surface area contributed by atoms with Gasteiger partial charge in [0.15, 0.2) is 0 Å². The molecule has 3 aromatic heterocycles. The van der Waals surface area contributed by atoms with E-state index in [1.54, 1.807) is 11.3 Å². The smallest absolute Gasteiger partial charge is 0.228 e. The molecule has 1 aliphatic heterocycles. The molecular weight excluding hydrogens is 356 g/mol. The van der Waals surface area contributed by atoms with Crippen molar-refractivity contribution in [3.63, 3.8) is 0 Å². The number of rotatable bonds is 4. The van der Waals surface area contributed by atoms with Crippen molar-refractivity contribution in [2.24, 2.45) is 0 Å². The third-order valence-electron chi connectivity index (χ3n) is 4.78. The van der Waals surface area contributed by atoms with E-state index in [-0.39, 0.29) is 0 Å². The lowest BCUT2D eigenvalue weighted by atomic mass is 10.3. The van der Waals surface area contributed by atoms with Crippen molar-refractivity contribution in [1.82, 2.24) is 19.5 Å². The zero-order chi connectivity index (χ0) is 18.2. The van der Waals surface area contributed by atoms with Crippen LogP contribution in [0.25, 0.3) is 15.9 Å². The Balaban J connectivity index is 1.51. The van der Waals surface area contributed by atoms with Crippen LogP contribution in [-0.4, -0.2) is 32.6 Å². The molecule has 0 bridgehead atoms. The third-order valence-corrected chi connectivity index (χ3v) is 5.72. The molecule has 1 fully saturated rings. The summed E-state index contributed by atoms with van der Waals surface area (Å²) in [6, 6.07) is 12.3. The van der Waals surface area contributed by atoms with Gasteiger partial charge >= 0.3 is 0 Å². The summed E-state index contributed by atoms with van der Waals surface area (Å²) in [5.41, 5.74) is 1.08. The summed E-state index contributed by atoms with van der Waals surface area (Å²) in [7, 11) is 0. The molecule has 0 radical (unpaired) electrons.